The zero-order valence-electron chi connectivity index (χ0n) is 17.6. The Morgan fingerprint density at radius 1 is 1.09 bits per heavy atom. The molecule has 0 atom stereocenters. The van der Waals surface area contributed by atoms with Crippen LogP contribution in [0, 0.1) is 12.3 Å². The van der Waals surface area contributed by atoms with Gasteiger partial charge in [-0.2, -0.15) is 0 Å². The van der Waals surface area contributed by atoms with Gasteiger partial charge >= 0.3 is 6.09 Å². The Balaban J connectivity index is 1.25. The van der Waals surface area contributed by atoms with E-state index in [1.165, 1.54) is 33.2 Å². The molecule has 7 heteroatoms. The van der Waals surface area contributed by atoms with Gasteiger partial charge in [-0.15, -0.1) is 17.8 Å². The van der Waals surface area contributed by atoms with Gasteiger partial charge < -0.3 is 14.5 Å². The average Bonchev–Trinajstić information content (AvgIpc) is 3.33. The number of amides is 2. The van der Waals surface area contributed by atoms with Crippen molar-refractivity contribution in [1.29, 1.82) is 0 Å². The summed E-state index contributed by atoms with van der Waals surface area (Å²) in [6.45, 7) is 2.39. The molecule has 2 aliphatic heterocycles. The van der Waals surface area contributed by atoms with Crippen LogP contribution in [0.15, 0.2) is 41.8 Å². The number of benzene rings is 2. The first-order valence-electron chi connectivity index (χ1n) is 10.7. The van der Waals surface area contributed by atoms with Crippen LogP contribution in [0.2, 0.25) is 0 Å². The van der Waals surface area contributed by atoms with Crippen molar-refractivity contribution in [3.63, 3.8) is 0 Å². The molecule has 0 bridgehead atoms. The monoisotopic (exact) mass is 445 g/mol. The van der Waals surface area contributed by atoms with Crippen LogP contribution in [0.25, 0.3) is 10.8 Å². The Labute approximate surface area is 190 Å². The minimum Gasteiger partial charge on any atom is -0.436 e. The SMILES string of the molecule is C#CCOC(=O)N1CCC(c2nc(C(=O)N3Cc4cccc5cccc(c45)C3)cs2)CC1. The summed E-state index contributed by atoms with van der Waals surface area (Å²) < 4.78 is 5.01. The third kappa shape index (κ3) is 3.82. The predicted octanol–water partition coefficient (Wildman–Crippen LogP) is 4.40. The highest BCUT2D eigenvalue weighted by atomic mass is 32.1. The Kier molecular flexibility index (Phi) is 5.54. The van der Waals surface area contributed by atoms with E-state index >= 15 is 0 Å². The largest absolute Gasteiger partial charge is 0.436 e. The van der Waals surface area contributed by atoms with Gasteiger partial charge in [0.15, 0.2) is 6.61 Å². The van der Waals surface area contributed by atoms with E-state index < -0.39 is 0 Å². The lowest BCUT2D eigenvalue weighted by atomic mass is 9.95. The molecule has 0 aliphatic carbocycles. The Morgan fingerprint density at radius 3 is 2.44 bits per heavy atom. The van der Waals surface area contributed by atoms with Gasteiger partial charge in [0, 0.05) is 37.5 Å². The van der Waals surface area contributed by atoms with E-state index in [2.05, 4.69) is 30.2 Å². The van der Waals surface area contributed by atoms with Crippen molar-refractivity contribution in [3.8, 4) is 12.3 Å². The summed E-state index contributed by atoms with van der Waals surface area (Å²) in [5.74, 6) is 2.52. The molecule has 0 radical (unpaired) electrons. The van der Waals surface area contributed by atoms with Crippen molar-refractivity contribution in [2.75, 3.05) is 19.7 Å². The maximum Gasteiger partial charge on any atom is 0.410 e. The van der Waals surface area contributed by atoms with Gasteiger partial charge in [-0.25, -0.2) is 9.78 Å². The second-order valence-corrected chi connectivity index (χ2v) is 9.07. The molecule has 1 aromatic heterocycles. The fraction of sp³-hybridized carbons (Fsp3) is 0.320. The number of terminal acetylenes is 1. The Bertz CT molecular complexity index is 1180. The van der Waals surface area contributed by atoms with Gasteiger partial charge in [0.2, 0.25) is 0 Å². The van der Waals surface area contributed by atoms with Gasteiger partial charge in [0.25, 0.3) is 5.91 Å². The maximum absolute atomic E-state index is 13.3. The number of nitrogens with zero attached hydrogens (tertiary/aromatic N) is 3. The van der Waals surface area contributed by atoms with Crippen LogP contribution in [-0.2, 0) is 17.8 Å². The number of piperidine rings is 1. The summed E-state index contributed by atoms with van der Waals surface area (Å²) in [7, 11) is 0. The summed E-state index contributed by atoms with van der Waals surface area (Å²) in [6.07, 6.45) is 6.37. The van der Waals surface area contributed by atoms with Crippen LogP contribution in [-0.4, -0.2) is 46.5 Å². The molecule has 0 spiro atoms. The smallest absolute Gasteiger partial charge is 0.410 e. The van der Waals surface area contributed by atoms with Gasteiger partial charge in [-0.1, -0.05) is 42.3 Å². The van der Waals surface area contributed by atoms with Crippen LogP contribution in [0.1, 0.15) is 45.4 Å². The zero-order chi connectivity index (χ0) is 22.1. The molecule has 0 unspecified atom stereocenters. The van der Waals surface area contributed by atoms with E-state index in [0.29, 0.717) is 31.9 Å². The molecule has 0 saturated carbocycles. The minimum atomic E-state index is -0.364. The molecule has 2 aromatic carbocycles. The number of thiazole rings is 1. The molecule has 0 N–H and O–H groups in total. The standard InChI is InChI=1S/C25H23N3O3S/c1-2-13-31-25(30)27-11-9-18(10-12-27)23-26-21(16-32-23)24(29)28-14-19-7-3-5-17-6-4-8-20(15-28)22(17)19/h1,3-8,16,18H,9-15H2. The highest BCUT2D eigenvalue weighted by molar-refractivity contribution is 7.09. The molecule has 32 heavy (non-hydrogen) atoms. The normalized spacial score (nSPS) is 16.1. The molecule has 5 rings (SSSR count). The predicted molar refractivity (Wildman–Crippen MR) is 123 cm³/mol. The van der Waals surface area contributed by atoms with Crippen molar-refractivity contribution in [2.24, 2.45) is 0 Å². The lowest BCUT2D eigenvalue weighted by Gasteiger charge is -2.30. The molecule has 1 fully saturated rings. The van der Waals surface area contributed by atoms with E-state index in [-0.39, 0.29) is 24.5 Å². The first-order chi connectivity index (χ1) is 15.6. The minimum absolute atomic E-state index is 0.00775. The van der Waals surface area contributed by atoms with Gasteiger partial charge in [-0.05, 0) is 34.7 Å². The number of hydrogen-bond donors (Lipinski definition) is 0. The topological polar surface area (TPSA) is 62.7 Å². The first kappa shape index (κ1) is 20.5. The van der Waals surface area contributed by atoms with Crippen molar-refractivity contribution in [2.45, 2.75) is 31.8 Å². The summed E-state index contributed by atoms with van der Waals surface area (Å²) in [4.78, 5) is 33.5. The second kappa shape index (κ2) is 8.64. The number of carbonyl (C=O) groups is 2. The number of ether oxygens (including phenoxy) is 1. The molecule has 2 amide bonds. The molecule has 1 saturated heterocycles. The summed E-state index contributed by atoms with van der Waals surface area (Å²) in [6, 6.07) is 12.5. The molecule has 2 aliphatic rings. The van der Waals surface area contributed by atoms with E-state index in [0.717, 1.165) is 17.8 Å². The lowest BCUT2D eigenvalue weighted by molar-refractivity contribution is 0.0721. The lowest BCUT2D eigenvalue weighted by Crippen LogP contribution is -2.38. The maximum atomic E-state index is 13.3. The van der Waals surface area contributed by atoms with Crippen molar-refractivity contribution in [1.82, 2.24) is 14.8 Å². The van der Waals surface area contributed by atoms with E-state index in [1.54, 1.807) is 4.90 Å². The molecule has 162 valence electrons. The fourth-order valence-electron chi connectivity index (χ4n) is 4.62. The Morgan fingerprint density at radius 2 is 1.78 bits per heavy atom. The van der Waals surface area contributed by atoms with Crippen molar-refractivity contribution in [3.05, 3.63) is 63.6 Å². The van der Waals surface area contributed by atoms with E-state index in [4.69, 9.17) is 16.1 Å². The van der Waals surface area contributed by atoms with Crippen LogP contribution in [0.4, 0.5) is 4.79 Å². The first-order valence-corrected chi connectivity index (χ1v) is 11.6. The molecule has 6 nitrogen and oxygen atoms in total. The second-order valence-electron chi connectivity index (χ2n) is 8.18. The highest BCUT2D eigenvalue weighted by Crippen LogP contribution is 2.33. The highest BCUT2D eigenvalue weighted by Gasteiger charge is 2.29. The summed E-state index contributed by atoms with van der Waals surface area (Å²) in [5.41, 5.74) is 2.86. The fourth-order valence-corrected chi connectivity index (χ4v) is 5.58. The number of rotatable bonds is 3. The zero-order valence-corrected chi connectivity index (χ0v) is 18.4. The van der Waals surface area contributed by atoms with E-state index in [1.807, 2.05) is 22.4 Å². The average molecular weight is 446 g/mol. The summed E-state index contributed by atoms with van der Waals surface area (Å²) in [5, 5.41) is 5.32. The van der Waals surface area contributed by atoms with E-state index in [9.17, 15) is 9.59 Å². The molecular weight excluding hydrogens is 422 g/mol. The van der Waals surface area contributed by atoms with Crippen molar-refractivity contribution < 1.29 is 14.3 Å². The molecular formula is C25H23N3O3S. The molecule has 3 aromatic rings. The number of carbonyl (C=O) groups excluding carboxylic acids is 2. The van der Waals surface area contributed by atoms with Crippen LogP contribution in [0.3, 0.4) is 0 Å². The Hall–Kier alpha value is -3.37. The number of aromatic nitrogens is 1. The quantitative estimate of drug-likeness (QED) is 0.561. The van der Waals surface area contributed by atoms with Crippen LogP contribution in [0.5, 0.6) is 0 Å². The van der Waals surface area contributed by atoms with Crippen molar-refractivity contribution >= 4 is 34.1 Å². The van der Waals surface area contributed by atoms with Crippen LogP contribution < -0.4 is 0 Å². The van der Waals surface area contributed by atoms with Crippen LogP contribution >= 0.6 is 11.3 Å². The third-order valence-electron chi connectivity index (χ3n) is 6.21. The van der Waals surface area contributed by atoms with Gasteiger partial charge in [0.05, 0.1) is 5.01 Å². The van der Waals surface area contributed by atoms with Gasteiger partial charge in [0.1, 0.15) is 5.69 Å². The third-order valence-corrected chi connectivity index (χ3v) is 7.22. The van der Waals surface area contributed by atoms with Gasteiger partial charge in [-0.3, -0.25) is 4.79 Å². The summed E-state index contributed by atoms with van der Waals surface area (Å²) >= 11 is 1.53. The number of hydrogen-bond acceptors (Lipinski definition) is 5. The molecule has 3 heterocycles. The number of likely N-dealkylation sites (tertiary alicyclic amines) is 1.